The van der Waals surface area contributed by atoms with E-state index in [1.165, 1.54) is 0 Å². The van der Waals surface area contributed by atoms with Crippen LogP contribution in [-0.2, 0) is 21.4 Å². The largest absolute Gasteiger partial charge is 0.375 e. The van der Waals surface area contributed by atoms with E-state index in [0.717, 1.165) is 15.4 Å². The molecule has 0 unspecified atom stereocenters. The molecule has 1 heterocycles. The maximum atomic E-state index is 12.6. The van der Waals surface area contributed by atoms with Crippen molar-refractivity contribution in [2.45, 2.75) is 11.5 Å². The number of fused-ring (bicyclic) bond motifs is 1. The molecule has 2 aromatic carbocycles. The number of rotatable bonds is 10. The lowest BCUT2D eigenvalue weighted by Crippen LogP contribution is -2.33. The molecule has 3 aromatic rings. The molecular weight excluding hydrogens is 513 g/mol. The molecular formula is C20H24BrCl2N3O3S. The Kier molecular flexibility index (Phi) is 11.8. The normalized spacial score (nSPS) is 11.0. The van der Waals surface area contributed by atoms with Crippen molar-refractivity contribution in [1.29, 1.82) is 0 Å². The zero-order valence-corrected chi connectivity index (χ0v) is 20.1. The van der Waals surface area contributed by atoms with Crippen LogP contribution in [0, 0.1) is 0 Å². The Morgan fingerprint density at radius 1 is 0.967 bits per heavy atom. The number of aromatic nitrogens is 1. The van der Waals surface area contributed by atoms with Gasteiger partial charge in [-0.2, -0.15) is 0 Å². The lowest BCUT2D eigenvalue weighted by Gasteiger charge is -2.10. The van der Waals surface area contributed by atoms with Gasteiger partial charge in [-0.25, -0.2) is 13.1 Å². The van der Waals surface area contributed by atoms with Gasteiger partial charge in [0.15, 0.2) is 0 Å². The van der Waals surface area contributed by atoms with E-state index in [9.17, 15) is 8.42 Å². The minimum atomic E-state index is -3.58. The van der Waals surface area contributed by atoms with Crippen LogP contribution in [0.25, 0.3) is 10.8 Å². The summed E-state index contributed by atoms with van der Waals surface area (Å²) >= 11 is 3.40. The van der Waals surface area contributed by atoms with Crippen molar-refractivity contribution in [3.63, 3.8) is 0 Å². The highest BCUT2D eigenvalue weighted by Crippen LogP contribution is 2.21. The fourth-order valence-electron chi connectivity index (χ4n) is 2.72. The number of pyridine rings is 1. The van der Waals surface area contributed by atoms with E-state index in [1.807, 2.05) is 30.3 Å². The summed E-state index contributed by atoms with van der Waals surface area (Å²) in [5, 5.41) is 4.64. The number of hydrogen-bond donors (Lipinski definition) is 2. The maximum Gasteiger partial charge on any atom is 0.241 e. The van der Waals surface area contributed by atoms with E-state index in [-0.39, 0.29) is 29.7 Å². The Bertz CT molecular complexity index is 1020. The average Bonchev–Trinajstić information content (AvgIpc) is 2.71. The smallest absolute Gasteiger partial charge is 0.241 e. The van der Waals surface area contributed by atoms with Crippen LogP contribution in [-0.4, -0.2) is 39.6 Å². The summed E-state index contributed by atoms with van der Waals surface area (Å²) in [7, 11) is -3.58. The van der Waals surface area contributed by atoms with Crippen LogP contribution in [0.1, 0.15) is 5.56 Å². The molecule has 0 saturated carbocycles. The Morgan fingerprint density at radius 2 is 1.73 bits per heavy atom. The van der Waals surface area contributed by atoms with Gasteiger partial charge in [-0.15, -0.1) is 24.8 Å². The number of hydrogen-bond acceptors (Lipinski definition) is 5. The molecule has 0 atom stereocenters. The SMILES string of the molecule is Cl.Cl.O=S(=O)(NCCNCCOCc1ccc(Br)cc1)c1cccc2cnccc12. The van der Waals surface area contributed by atoms with Crippen molar-refractivity contribution < 1.29 is 13.2 Å². The van der Waals surface area contributed by atoms with E-state index < -0.39 is 10.0 Å². The molecule has 164 valence electrons. The first kappa shape index (κ1) is 26.8. The molecule has 0 aliphatic heterocycles. The highest BCUT2D eigenvalue weighted by atomic mass is 79.9. The molecule has 10 heteroatoms. The summed E-state index contributed by atoms with van der Waals surface area (Å²) in [5.74, 6) is 0. The molecule has 0 amide bonds. The predicted octanol–water partition coefficient (Wildman–Crippen LogP) is 3.93. The van der Waals surface area contributed by atoms with E-state index in [0.29, 0.717) is 38.2 Å². The Morgan fingerprint density at radius 3 is 2.50 bits per heavy atom. The van der Waals surface area contributed by atoms with Crippen LogP contribution < -0.4 is 10.0 Å². The first-order chi connectivity index (χ1) is 13.6. The predicted molar refractivity (Wildman–Crippen MR) is 128 cm³/mol. The first-order valence-electron chi connectivity index (χ1n) is 8.91. The molecule has 0 spiro atoms. The molecule has 6 nitrogen and oxygen atoms in total. The maximum absolute atomic E-state index is 12.6. The Balaban J connectivity index is 0.00000225. The highest BCUT2D eigenvalue weighted by Gasteiger charge is 2.16. The number of benzene rings is 2. The van der Waals surface area contributed by atoms with Gasteiger partial charge in [-0.05, 0) is 29.8 Å². The van der Waals surface area contributed by atoms with Crippen molar-refractivity contribution in [2.75, 3.05) is 26.2 Å². The van der Waals surface area contributed by atoms with Crippen molar-refractivity contribution in [3.05, 3.63) is 71.0 Å². The Labute approximate surface area is 197 Å². The molecule has 0 fully saturated rings. The summed E-state index contributed by atoms with van der Waals surface area (Å²) in [6.45, 7) is 2.58. The molecule has 3 rings (SSSR count). The number of nitrogens with zero attached hydrogens (tertiary/aromatic N) is 1. The third kappa shape index (κ3) is 7.77. The van der Waals surface area contributed by atoms with Crippen LogP contribution in [0.4, 0.5) is 0 Å². The number of nitrogens with one attached hydrogen (secondary N) is 2. The van der Waals surface area contributed by atoms with E-state index in [4.69, 9.17) is 4.74 Å². The summed E-state index contributed by atoms with van der Waals surface area (Å²) in [4.78, 5) is 4.30. The second kappa shape index (κ2) is 13.2. The second-order valence-electron chi connectivity index (χ2n) is 6.18. The van der Waals surface area contributed by atoms with Crippen molar-refractivity contribution in [2.24, 2.45) is 0 Å². The van der Waals surface area contributed by atoms with Crippen LogP contribution in [0.2, 0.25) is 0 Å². The minimum Gasteiger partial charge on any atom is -0.375 e. The van der Waals surface area contributed by atoms with Gasteiger partial charge in [0.1, 0.15) is 0 Å². The molecule has 1 aromatic heterocycles. The quantitative estimate of drug-likeness (QED) is 0.384. The summed E-state index contributed by atoms with van der Waals surface area (Å²) in [6, 6.07) is 14.9. The molecule has 0 radical (unpaired) electrons. The lowest BCUT2D eigenvalue weighted by molar-refractivity contribution is 0.123. The molecule has 30 heavy (non-hydrogen) atoms. The molecule has 0 aliphatic rings. The molecule has 0 aliphatic carbocycles. The standard InChI is InChI=1S/C20H22BrN3O3S.2ClH/c21-18-6-4-16(5-7-18)15-27-13-12-22-10-11-24-28(25,26)20-3-1-2-17-14-23-9-8-19(17)20;;/h1-9,14,22,24H,10-13,15H2;2*1H. The topological polar surface area (TPSA) is 80.3 Å². The van der Waals surface area contributed by atoms with E-state index in [1.54, 1.807) is 30.6 Å². The van der Waals surface area contributed by atoms with Gasteiger partial charge in [-0.1, -0.05) is 40.2 Å². The first-order valence-corrected chi connectivity index (χ1v) is 11.2. The third-order valence-corrected chi connectivity index (χ3v) is 6.18. The molecule has 2 N–H and O–H groups in total. The summed E-state index contributed by atoms with van der Waals surface area (Å²) in [6.07, 6.45) is 3.25. The fourth-order valence-corrected chi connectivity index (χ4v) is 4.24. The fraction of sp³-hybridized carbons (Fsp3) is 0.250. The van der Waals surface area contributed by atoms with Gasteiger partial charge in [0, 0.05) is 47.3 Å². The summed E-state index contributed by atoms with van der Waals surface area (Å²) < 4.78 is 34.4. The third-order valence-electron chi connectivity index (χ3n) is 4.13. The second-order valence-corrected chi connectivity index (χ2v) is 8.83. The van der Waals surface area contributed by atoms with Gasteiger partial charge in [-0.3, -0.25) is 4.98 Å². The van der Waals surface area contributed by atoms with Gasteiger partial charge < -0.3 is 10.1 Å². The van der Waals surface area contributed by atoms with Gasteiger partial charge in [0.05, 0.1) is 18.1 Å². The van der Waals surface area contributed by atoms with Crippen LogP contribution in [0.3, 0.4) is 0 Å². The van der Waals surface area contributed by atoms with Crippen molar-refractivity contribution in [3.8, 4) is 0 Å². The van der Waals surface area contributed by atoms with E-state index in [2.05, 4.69) is 31.0 Å². The zero-order chi connectivity index (χ0) is 19.8. The molecule has 0 saturated heterocycles. The monoisotopic (exact) mass is 535 g/mol. The van der Waals surface area contributed by atoms with Gasteiger partial charge in [0.25, 0.3) is 0 Å². The number of halogens is 3. The highest BCUT2D eigenvalue weighted by molar-refractivity contribution is 9.10. The van der Waals surface area contributed by atoms with Crippen LogP contribution in [0.5, 0.6) is 0 Å². The average molecular weight is 537 g/mol. The minimum absolute atomic E-state index is 0. The zero-order valence-electron chi connectivity index (χ0n) is 16.1. The van der Waals surface area contributed by atoms with E-state index >= 15 is 0 Å². The number of ether oxygens (including phenoxy) is 1. The Hall–Kier alpha value is -1.26. The van der Waals surface area contributed by atoms with Gasteiger partial charge in [0.2, 0.25) is 10.0 Å². The van der Waals surface area contributed by atoms with Crippen LogP contribution >= 0.6 is 40.7 Å². The van der Waals surface area contributed by atoms with Crippen molar-refractivity contribution in [1.82, 2.24) is 15.0 Å². The summed E-state index contributed by atoms with van der Waals surface area (Å²) in [5.41, 5.74) is 1.11. The van der Waals surface area contributed by atoms with Crippen LogP contribution in [0.15, 0.2) is 70.3 Å². The van der Waals surface area contributed by atoms with Crippen molar-refractivity contribution >= 4 is 61.5 Å². The van der Waals surface area contributed by atoms with Gasteiger partial charge >= 0.3 is 0 Å². The lowest BCUT2D eigenvalue weighted by atomic mass is 10.2. The number of sulfonamides is 1. The molecule has 0 bridgehead atoms.